The Morgan fingerprint density at radius 3 is 2.80 bits per heavy atom. The summed E-state index contributed by atoms with van der Waals surface area (Å²) in [6, 6.07) is -0.496. The van der Waals surface area contributed by atoms with Gasteiger partial charge in [0.2, 0.25) is 5.91 Å². The molecule has 2 atom stereocenters. The number of aliphatic carboxylic acids is 1. The molecule has 2 aliphatic rings. The van der Waals surface area contributed by atoms with E-state index in [1.54, 1.807) is 4.90 Å². The van der Waals surface area contributed by atoms with Crippen LogP contribution < -0.4 is 10.6 Å². The number of carboxylic acid groups (broad SMARTS) is 1. The van der Waals surface area contributed by atoms with Crippen molar-refractivity contribution in [3.8, 4) is 0 Å². The van der Waals surface area contributed by atoms with Crippen molar-refractivity contribution in [3.05, 3.63) is 0 Å². The molecule has 3 N–H and O–H groups in total. The SMILES string of the molecule is O=C(O)CC1CCCCN1C(=O)NC1CCC(=O)NC1. The van der Waals surface area contributed by atoms with E-state index in [9.17, 15) is 14.4 Å². The number of likely N-dealkylation sites (tertiary alicyclic amines) is 1. The maximum atomic E-state index is 12.2. The predicted octanol–water partition coefficient (Wildman–Crippen LogP) is 0.304. The number of carboxylic acids is 1. The minimum atomic E-state index is -0.875. The van der Waals surface area contributed by atoms with Crippen molar-refractivity contribution in [2.45, 2.75) is 50.6 Å². The molecule has 112 valence electrons. The highest BCUT2D eigenvalue weighted by Gasteiger charge is 2.30. The molecule has 0 saturated carbocycles. The van der Waals surface area contributed by atoms with Gasteiger partial charge in [-0.15, -0.1) is 0 Å². The van der Waals surface area contributed by atoms with Crippen molar-refractivity contribution in [1.29, 1.82) is 0 Å². The van der Waals surface area contributed by atoms with Gasteiger partial charge in [0.15, 0.2) is 0 Å². The predicted molar refractivity (Wildman–Crippen MR) is 71.2 cm³/mol. The summed E-state index contributed by atoms with van der Waals surface area (Å²) in [5, 5.41) is 14.5. The highest BCUT2D eigenvalue weighted by molar-refractivity contribution is 5.79. The Bertz CT molecular complexity index is 389. The van der Waals surface area contributed by atoms with Gasteiger partial charge in [0, 0.05) is 31.6 Å². The van der Waals surface area contributed by atoms with Crippen molar-refractivity contribution in [3.63, 3.8) is 0 Å². The molecular weight excluding hydrogens is 262 g/mol. The Morgan fingerprint density at radius 1 is 1.35 bits per heavy atom. The van der Waals surface area contributed by atoms with Crippen molar-refractivity contribution in [2.75, 3.05) is 13.1 Å². The van der Waals surface area contributed by atoms with E-state index in [0.29, 0.717) is 25.9 Å². The average molecular weight is 283 g/mol. The fourth-order valence-corrected chi connectivity index (χ4v) is 2.80. The lowest BCUT2D eigenvalue weighted by Gasteiger charge is -2.36. The van der Waals surface area contributed by atoms with Crippen LogP contribution in [0.4, 0.5) is 4.79 Å². The fourth-order valence-electron chi connectivity index (χ4n) is 2.80. The Balaban J connectivity index is 1.88. The van der Waals surface area contributed by atoms with Crippen LogP contribution in [0.15, 0.2) is 0 Å². The van der Waals surface area contributed by atoms with Gasteiger partial charge in [-0.2, -0.15) is 0 Å². The first-order valence-corrected chi connectivity index (χ1v) is 7.12. The third-order valence-corrected chi connectivity index (χ3v) is 3.89. The van der Waals surface area contributed by atoms with Gasteiger partial charge in [0.25, 0.3) is 0 Å². The summed E-state index contributed by atoms with van der Waals surface area (Å²) in [7, 11) is 0. The van der Waals surface area contributed by atoms with E-state index in [-0.39, 0.29) is 30.4 Å². The van der Waals surface area contributed by atoms with E-state index < -0.39 is 5.97 Å². The van der Waals surface area contributed by atoms with Gasteiger partial charge in [-0.3, -0.25) is 9.59 Å². The summed E-state index contributed by atoms with van der Waals surface area (Å²) < 4.78 is 0. The Hall–Kier alpha value is -1.79. The second-order valence-electron chi connectivity index (χ2n) is 5.43. The number of carbonyl (C=O) groups excluding carboxylic acids is 2. The van der Waals surface area contributed by atoms with E-state index >= 15 is 0 Å². The van der Waals surface area contributed by atoms with Crippen LogP contribution in [0, 0.1) is 0 Å². The second-order valence-corrected chi connectivity index (χ2v) is 5.43. The highest BCUT2D eigenvalue weighted by atomic mass is 16.4. The third kappa shape index (κ3) is 3.85. The number of piperidine rings is 2. The zero-order valence-corrected chi connectivity index (χ0v) is 11.4. The zero-order chi connectivity index (χ0) is 14.5. The first-order chi connectivity index (χ1) is 9.56. The van der Waals surface area contributed by atoms with Crippen LogP contribution >= 0.6 is 0 Å². The standard InChI is InChI=1S/C13H21N3O4/c17-11-5-4-9(8-14-11)15-13(20)16-6-2-1-3-10(16)7-12(18)19/h9-10H,1-8H2,(H,14,17)(H,15,20)(H,18,19). The normalized spacial score (nSPS) is 26.8. The van der Waals surface area contributed by atoms with Crippen LogP contribution in [-0.2, 0) is 9.59 Å². The third-order valence-electron chi connectivity index (χ3n) is 3.89. The average Bonchev–Trinajstić information content (AvgIpc) is 2.41. The molecule has 0 bridgehead atoms. The first kappa shape index (κ1) is 14.6. The molecule has 0 spiro atoms. The lowest BCUT2D eigenvalue weighted by molar-refractivity contribution is -0.138. The summed E-state index contributed by atoms with van der Waals surface area (Å²) in [6.45, 7) is 1.05. The van der Waals surface area contributed by atoms with E-state index in [1.807, 2.05) is 0 Å². The van der Waals surface area contributed by atoms with Crippen molar-refractivity contribution in [2.24, 2.45) is 0 Å². The topological polar surface area (TPSA) is 98.7 Å². The van der Waals surface area contributed by atoms with Crippen molar-refractivity contribution in [1.82, 2.24) is 15.5 Å². The van der Waals surface area contributed by atoms with E-state index in [0.717, 1.165) is 19.3 Å². The number of hydrogen-bond donors (Lipinski definition) is 3. The number of nitrogens with one attached hydrogen (secondary N) is 2. The van der Waals surface area contributed by atoms with Gasteiger partial charge in [-0.1, -0.05) is 0 Å². The highest BCUT2D eigenvalue weighted by Crippen LogP contribution is 2.20. The minimum Gasteiger partial charge on any atom is -0.481 e. The molecule has 7 heteroatoms. The van der Waals surface area contributed by atoms with Crippen LogP contribution in [0.25, 0.3) is 0 Å². The van der Waals surface area contributed by atoms with E-state index in [4.69, 9.17) is 5.11 Å². The zero-order valence-electron chi connectivity index (χ0n) is 11.4. The Morgan fingerprint density at radius 2 is 2.15 bits per heavy atom. The van der Waals surface area contributed by atoms with Crippen molar-refractivity contribution < 1.29 is 19.5 Å². The maximum absolute atomic E-state index is 12.2. The molecule has 20 heavy (non-hydrogen) atoms. The van der Waals surface area contributed by atoms with Gasteiger partial charge in [-0.05, 0) is 25.7 Å². The van der Waals surface area contributed by atoms with E-state index in [1.165, 1.54) is 0 Å². The molecule has 0 aliphatic carbocycles. The van der Waals surface area contributed by atoms with Crippen LogP contribution in [0.2, 0.25) is 0 Å². The molecule has 2 rings (SSSR count). The first-order valence-electron chi connectivity index (χ1n) is 7.12. The molecule has 0 aromatic heterocycles. The molecule has 2 saturated heterocycles. The number of amides is 3. The molecule has 0 aromatic rings. The van der Waals surface area contributed by atoms with Gasteiger partial charge in [0.1, 0.15) is 0 Å². The van der Waals surface area contributed by atoms with Crippen molar-refractivity contribution >= 4 is 17.9 Å². The molecule has 2 heterocycles. The monoisotopic (exact) mass is 283 g/mol. The number of hydrogen-bond acceptors (Lipinski definition) is 3. The van der Waals surface area contributed by atoms with Crippen LogP contribution in [-0.4, -0.2) is 53.1 Å². The summed E-state index contributed by atoms with van der Waals surface area (Å²) in [5.74, 6) is -0.864. The van der Waals surface area contributed by atoms with Gasteiger partial charge in [-0.25, -0.2) is 4.79 Å². The summed E-state index contributed by atoms with van der Waals surface area (Å²) >= 11 is 0. The molecule has 0 aromatic carbocycles. The minimum absolute atomic E-state index is 0.00514. The second kappa shape index (κ2) is 6.58. The number of urea groups is 1. The Labute approximate surface area is 117 Å². The summed E-state index contributed by atoms with van der Waals surface area (Å²) in [5.41, 5.74) is 0. The van der Waals surface area contributed by atoms with Crippen LogP contribution in [0.1, 0.15) is 38.5 Å². The molecule has 0 radical (unpaired) electrons. The van der Waals surface area contributed by atoms with Gasteiger partial charge < -0.3 is 20.6 Å². The molecule has 2 aliphatic heterocycles. The van der Waals surface area contributed by atoms with Crippen LogP contribution in [0.5, 0.6) is 0 Å². The van der Waals surface area contributed by atoms with Crippen LogP contribution in [0.3, 0.4) is 0 Å². The smallest absolute Gasteiger partial charge is 0.317 e. The lowest BCUT2D eigenvalue weighted by atomic mass is 9.99. The number of rotatable bonds is 3. The molecule has 3 amide bonds. The van der Waals surface area contributed by atoms with E-state index in [2.05, 4.69) is 10.6 Å². The maximum Gasteiger partial charge on any atom is 0.317 e. The quantitative estimate of drug-likeness (QED) is 0.694. The summed E-state index contributed by atoms with van der Waals surface area (Å²) in [4.78, 5) is 35.8. The molecule has 7 nitrogen and oxygen atoms in total. The molecule has 2 fully saturated rings. The largest absolute Gasteiger partial charge is 0.481 e. The fraction of sp³-hybridized carbons (Fsp3) is 0.769. The van der Waals surface area contributed by atoms with Gasteiger partial charge >= 0.3 is 12.0 Å². The molecular formula is C13H21N3O4. The number of nitrogens with zero attached hydrogens (tertiary/aromatic N) is 1. The number of carbonyl (C=O) groups is 3. The lowest BCUT2D eigenvalue weighted by Crippen LogP contribution is -2.55. The van der Waals surface area contributed by atoms with Gasteiger partial charge in [0.05, 0.1) is 6.42 Å². The Kier molecular flexibility index (Phi) is 4.81. The summed E-state index contributed by atoms with van der Waals surface area (Å²) in [6.07, 6.45) is 3.65. The molecule has 2 unspecified atom stereocenters.